The van der Waals surface area contributed by atoms with Crippen molar-refractivity contribution >= 4 is 5.96 Å². The van der Waals surface area contributed by atoms with E-state index in [1.165, 1.54) is 18.4 Å². The Balaban J connectivity index is 1.43. The molecule has 1 aliphatic carbocycles. The van der Waals surface area contributed by atoms with Gasteiger partial charge < -0.3 is 15.0 Å². The molecule has 0 radical (unpaired) electrons. The fraction of sp³-hybridized carbons (Fsp3) is 0.474. The van der Waals surface area contributed by atoms with Crippen molar-refractivity contribution in [3.63, 3.8) is 0 Å². The van der Waals surface area contributed by atoms with Crippen LogP contribution in [0.15, 0.2) is 47.7 Å². The van der Waals surface area contributed by atoms with Crippen molar-refractivity contribution in [1.29, 1.82) is 0 Å². The van der Waals surface area contributed by atoms with Crippen molar-refractivity contribution in [2.24, 2.45) is 10.9 Å². The normalized spacial score (nSPS) is 14.6. The Morgan fingerprint density at radius 3 is 2.80 bits per heavy atom. The number of ether oxygens (including phenoxy) is 1. The molecule has 0 aliphatic heterocycles. The summed E-state index contributed by atoms with van der Waals surface area (Å²) in [6.07, 6.45) is 6.38. The Labute approximate surface area is 149 Å². The van der Waals surface area contributed by atoms with Crippen molar-refractivity contribution in [3.05, 3.63) is 48.3 Å². The Kier molecular flexibility index (Phi) is 6.06. The summed E-state index contributed by atoms with van der Waals surface area (Å²) >= 11 is 0. The molecule has 0 amide bonds. The molecule has 0 spiro atoms. The molecular weight excluding hydrogens is 314 g/mol. The molecule has 1 fully saturated rings. The lowest BCUT2D eigenvalue weighted by Gasteiger charge is -2.22. The topological polar surface area (TPSA) is 54.7 Å². The van der Waals surface area contributed by atoms with Gasteiger partial charge >= 0.3 is 0 Å². The highest BCUT2D eigenvalue weighted by Crippen LogP contribution is 2.28. The van der Waals surface area contributed by atoms with Crippen LogP contribution in [0.4, 0.5) is 0 Å². The molecule has 0 saturated heterocycles. The molecule has 134 valence electrons. The van der Waals surface area contributed by atoms with Crippen LogP contribution in [-0.2, 0) is 11.3 Å². The maximum Gasteiger partial charge on any atom is 0.193 e. The lowest BCUT2D eigenvalue weighted by molar-refractivity contribution is 0.115. The van der Waals surface area contributed by atoms with Gasteiger partial charge in [-0.3, -0.25) is 4.99 Å². The Morgan fingerprint density at radius 2 is 2.16 bits per heavy atom. The molecule has 1 aliphatic rings. The van der Waals surface area contributed by atoms with E-state index in [1.807, 2.05) is 31.0 Å². The minimum Gasteiger partial charge on any atom is -0.379 e. The lowest BCUT2D eigenvalue weighted by Crippen LogP contribution is -2.40. The van der Waals surface area contributed by atoms with Crippen LogP contribution in [0.2, 0.25) is 0 Å². The quantitative estimate of drug-likeness (QED) is 0.455. The van der Waals surface area contributed by atoms with Gasteiger partial charge in [-0.05, 0) is 42.5 Å². The van der Waals surface area contributed by atoms with Gasteiger partial charge in [-0.2, -0.15) is 5.10 Å². The van der Waals surface area contributed by atoms with E-state index < -0.39 is 0 Å². The Bertz CT molecular complexity index is 662. The average Bonchev–Trinajstić information content (AvgIpc) is 3.30. The van der Waals surface area contributed by atoms with Crippen LogP contribution in [0.1, 0.15) is 18.4 Å². The van der Waals surface area contributed by atoms with E-state index >= 15 is 0 Å². The van der Waals surface area contributed by atoms with Gasteiger partial charge in [-0.15, -0.1) is 0 Å². The van der Waals surface area contributed by atoms with Gasteiger partial charge in [0.1, 0.15) is 0 Å². The number of aliphatic imine (C=N–C) groups is 1. The highest BCUT2D eigenvalue weighted by molar-refractivity contribution is 5.79. The van der Waals surface area contributed by atoms with Crippen molar-refractivity contribution in [2.75, 3.05) is 33.9 Å². The van der Waals surface area contributed by atoms with Gasteiger partial charge in [-0.1, -0.05) is 12.1 Å². The SMILES string of the molecule is CN=C(NCc1ccc(-n2cccn2)cc1)N(C)CCOCC1CC1. The fourth-order valence-corrected chi connectivity index (χ4v) is 2.60. The monoisotopic (exact) mass is 341 g/mol. The number of nitrogens with one attached hydrogen (secondary N) is 1. The highest BCUT2D eigenvalue weighted by atomic mass is 16.5. The van der Waals surface area contributed by atoms with Crippen LogP contribution in [0, 0.1) is 5.92 Å². The molecule has 1 N–H and O–H groups in total. The zero-order chi connectivity index (χ0) is 17.5. The van der Waals surface area contributed by atoms with Gasteiger partial charge in [-0.25, -0.2) is 4.68 Å². The summed E-state index contributed by atoms with van der Waals surface area (Å²) in [5.41, 5.74) is 2.26. The number of hydrogen-bond acceptors (Lipinski definition) is 3. The van der Waals surface area contributed by atoms with E-state index in [4.69, 9.17) is 4.74 Å². The van der Waals surface area contributed by atoms with E-state index in [9.17, 15) is 0 Å². The number of hydrogen-bond donors (Lipinski definition) is 1. The lowest BCUT2D eigenvalue weighted by atomic mass is 10.2. The summed E-state index contributed by atoms with van der Waals surface area (Å²) in [7, 11) is 3.85. The molecule has 1 heterocycles. The summed E-state index contributed by atoms with van der Waals surface area (Å²) in [4.78, 5) is 6.45. The van der Waals surface area contributed by atoms with Crippen molar-refractivity contribution in [3.8, 4) is 5.69 Å². The summed E-state index contributed by atoms with van der Waals surface area (Å²) in [6, 6.07) is 10.3. The standard InChI is InChI=1S/C19H27N5O/c1-20-19(23(2)12-13-25-15-17-4-5-17)21-14-16-6-8-18(9-7-16)24-11-3-10-22-24/h3,6-11,17H,4-5,12-15H2,1-2H3,(H,20,21). The maximum absolute atomic E-state index is 5.70. The second kappa shape index (κ2) is 8.67. The summed E-state index contributed by atoms with van der Waals surface area (Å²) < 4.78 is 7.55. The second-order valence-corrected chi connectivity index (χ2v) is 6.46. The molecule has 0 atom stereocenters. The first-order valence-electron chi connectivity index (χ1n) is 8.85. The number of likely N-dealkylation sites (N-methyl/N-ethyl adjacent to an activating group) is 1. The maximum atomic E-state index is 5.70. The van der Waals surface area contributed by atoms with Crippen molar-refractivity contribution in [2.45, 2.75) is 19.4 Å². The van der Waals surface area contributed by atoms with Gasteiger partial charge in [0.25, 0.3) is 0 Å². The number of nitrogens with zero attached hydrogens (tertiary/aromatic N) is 4. The zero-order valence-corrected chi connectivity index (χ0v) is 15.1. The van der Waals surface area contributed by atoms with E-state index in [1.54, 1.807) is 6.20 Å². The third-order valence-electron chi connectivity index (χ3n) is 4.35. The van der Waals surface area contributed by atoms with Crippen LogP contribution < -0.4 is 5.32 Å². The first-order chi connectivity index (χ1) is 12.3. The Morgan fingerprint density at radius 1 is 1.36 bits per heavy atom. The van der Waals surface area contributed by atoms with Crippen LogP contribution >= 0.6 is 0 Å². The van der Waals surface area contributed by atoms with E-state index in [2.05, 4.69) is 44.6 Å². The summed E-state index contributed by atoms with van der Waals surface area (Å²) in [5.74, 6) is 1.69. The molecule has 1 aromatic heterocycles. The van der Waals surface area contributed by atoms with E-state index in [-0.39, 0.29) is 0 Å². The van der Waals surface area contributed by atoms with Gasteiger partial charge in [0.15, 0.2) is 5.96 Å². The van der Waals surface area contributed by atoms with Crippen LogP contribution in [0.5, 0.6) is 0 Å². The first kappa shape index (κ1) is 17.5. The van der Waals surface area contributed by atoms with Gasteiger partial charge in [0.2, 0.25) is 0 Å². The molecule has 3 rings (SSSR count). The second-order valence-electron chi connectivity index (χ2n) is 6.46. The van der Waals surface area contributed by atoms with Crippen molar-refractivity contribution in [1.82, 2.24) is 20.0 Å². The molecule has 6 heteroatoms. The van der Waals surface area contributed by atoms with Crippen LogP contribution in [0.25, 0.3) is 5.69 Å². The average molecular weight is 341 g/mol. The summed E-state index contributed by atoms with van der Waals surface area (Å²) in [5, 5.41) is 7.64. The van der Waals surface area contributed by atoms with Gasteiger partial charge in [0.05, 0.1) is 12.3 Å². The smallest absolute Gasteiger partial charge is 0.193 e. The molecule has 6 nitrogen and oxygen atoms in total. The molecule has 2 aromatic rings. The van der Waals surface area contributed by atoms with Gasteiger partial charge in [0, 0.05) is 46.2 Å². The third kappa shape index (κ3) is 5.32. The Hall–Kier alpha value is -2.34. The molecule has 0 unspecified atom stereocenters. The molecular formula is C19H27N5O. The number of rotatable bonds is 8. The van der Waals surface area contributed by atoms with E-state index in [0.29, 0.717) is 0 Å². The predicted molar refractivity (Wildman–Crippen MR) is 99.9 cm³/mol. The molecule has 1 saturated carbocycles. The predicted octanol–water partition coefficient (Wildman–Crippen LogP) is 2.31. The summed E-state index contributed by atoms with van der Waals surface area (Å²) in [6.45, 7) is 3.22. The molecule has 25 heavy (non-hydrogen) atoms. The highest BCUT2D eigenvalue weighted by Gasteiger charge is 2.21. The molecule has 1 aromatic carbocycles. The number of benzene rings is 1. The number of aromatic nitrogens is 2. The third-order valence-corrected chi connectivity index (χ3v) is 4.35. The number of guanidine groups is 1. The van der Waals surface area contributed by atoms with Crippen LogP contribution in [-0.4, -0.2) is 54.5 Å². The van der Waals surface area contributed by atoms with Crippen LogP contribution in [0.3, 0.4) is 0 Å². The molecule has 0 bridgehead atoms. The fourth-order valence-electron chi connectivity index (χ4n) is 2.60. The zero-order valence-electron chi connectivity index (χ0n) is 15.1. The minimum atomic E-state index is 0.735. The largest absolute Gasteiger partial charge is 0.379 e. The van der Waals surface area contributed by atoms with Crippen molar-refractivity contribution < 1.29 is 4.74 Å². The first-order valence-corrected chi connectivity index (χ1v) is 8.85. The minimum absolute atomic E-state index is 0.735. The van der Waals surface area contributed by atoms with E-state index in [0.717, 1.165) is 43.9 Å².